The molecule has 0 aliphatic carbocycles. The summed E-state index contributed by atoms with van der Waals surface area (Å²) in [6.07, 6.45) is 5.07. The molecule has 0 saturated carbocycles. The molecule has 0 bridgehead atoms. The molecule has 1 aromatic rings. The summed E-state index contributed by atoms with van der Waals surface area (Å²) >= 11 is 0. The first-order valence-electron chi connectivity index (χ1n) is 7.88. The SMILES string of the molecule is O=C(c1ccccc1)N1CCC(CCC2CNC2)CC1. The van der Waals surface area contributed by atoms with Crippen LogP contribution in [0.2, 0.25) is 0 Å². The van der Waals surface area contributed by atoms with E-state index in [2.05, 4.69) is 5.32 Å². The summed E-state index contributed by atoms with van der Waals surface area (Å²) < 4.78 is 0. The van der Waals surface area contributed by atoms with Crippen molar-refractivity contribution in [1.29, 1.82) is 0 Å². The van der Waals surface area contributed by atoms with Crippen LogP contribution in [0.1, 0.15) is 36.0 Å². The summed E-state index contributed by atoms with van der Waals surface area (Å²) in [4.78, 5) is 14.4. The molecular weight excluding hydrogens is 248 g/mol. The lowest BCUT2D eigenvalue weighted by Crippen LogP contribution is -2.42. The lowest BCUT2D eigenvalue weighted by atomic mass is 9.87. The Labute approximate surface area is 121 Å². The Morgan fingerprint density at radius 3 is 2.30 bits per heavy atom. The zero-order valence-corrected chi connectivity index (χ0v) is 12.1. The van der Waals surface area contributed by atoms with Crippen LogP contribution >= 0.6 is 0 Å². The van der Waals surface area contributed by atoms with Gasteiger partial charge in [-0.05, 0) is 62.7 Å². The van der Waals surface area contributed by atoms with Crippen LogP contribution in [-0.4, -0.2) is 37.0 Å². The van der Waals surface area contributed by atoms with Crippen molar-refractivity contribution in [3.8, 4) is 0 Å². The lowest BCUT2D eigenvalue weighted by Gasteiger charge is -2.34. The smallest absolute Gasteiger partial charge is 0.253 e. The van der Waals surface area contributed by atoms with Gasteiger partial charge in [0.1, 0.15) is 0 Å². The molecule has 0 radical (unpaired) electrons. The maximum Gasteiger partial charge on any atom is 0.253 e. The largest absolute Gasteiger partial charge is 0.339 e. The van der Waals surface area contributed by atoms with Gasteiger partial charge in [-0.1, -0.05) is 18.2 Å². The molecule has 2 saturated heterocycles. The van der Waals surface area contributed by atoms with Crippen molar-refractivity contribution in [2.24, 2.45) is 11.8 Å². The van der Waals surface area contributed by atoms with Crippen molar-refractivity contribution in [1.82, 2.24) is 10.2 Å². The van der Waals surface area contributed by atoms with Gasteiger partial charge in [-0.15, -0.1) is 0 Å². The van der Waals surface area contributed by atoms with Crippen molar-refractivity contribution in [3.05, 3.63) is 35.9 Å². The van der Waals surface area contributed by atoms with Gasteiger partial charge in [-0.25, -0.2) is 0 Å². The molecule has 20 heavy (non-hydrogen) atoms. The molecule has 0 unspecified atom stereocenters. The number of benzene rings is 1. The normalized spacial score (nSPS) is 20.7. The van der Waals surface area contributed by atoms with Crippen molar-refractivity contribution in [3.63, 3.8) is 0 Å². The molecule has 2 aliphatic heterocycles. The molecule has 3 nitrogen and oxygen atoms in total. The fourth-order valence-electron chi connectivity index (χ4n) is 3.21. The average Bonchev–Trinajstić information content (AvgIpc) is 2.46. The summed E-state index contributed by atoms with van der Waals surface area (Å²) in [5.74, 6) is 1.95. The zero-order valence-electron chi connectivity index (χ0n) is 12.1. The van der Waals surface area contributed by atoms with Gasteiger partial charge in [0.05, 0.1) is 0 Å². The van der Waals surface area contributed by atoms with Crippen molar-refractivity contribution < 1.29 is 4.79 Å². The summed E-state index contributed by atoms with van der Waals surface area (Å²) in [6, 6.07) is 9.66. The Morgan fingerprint density at radius 2 is 1.70 bits per heavy atom. The highest BCUT2D eigenvalue weighted by Crippen LogP contribution is 2.25. The molecule has 3 heteroatoms. The Balaban J connectivity index is 1.44. The van der Waals surface area contributed by atoms with Crippen LogP contribution in [0, 0.1) is 11.8 Å². The van der Waals surface area contributed by atoms with Crippen molar-refractivity contribution >= 4 is 5.91 Å². The number of nitrogens with one attached hydrogen (secondary N) is 1. The molecular formula is C17H24N2O. The highest BCUT2D eigenvalue weighted by atomic mass is 16.2. The van der Waals surface area contributed by atoms with Gasteiger partial charge in [0, 0.05) is 18.7 Å². The van der Waals surface area contributed by atoms with Gasteiger partial charge < -0.3 is 10.2 Å². The minimum absolute atomic E-state index is 0.201. The minimum atomic E-state index is 0.201. The first kappa shape index (κ1) is 13.6. The Hall–Kier alpha value is -1.35. The van der Waals surface area contributed by atoms with Crippen LogP contribution in [0.25, 0.3) is 0 Å². The molecule has 1 amide bonds. The number of piperidine rings is 1. The number of rotatable bonds is 4. The van der Waals surface area contributed by atoms with Crippen LogP contribution < -0.4 is 5.32 Å². The second-order valence-electron chi connectivity index (χ2n) is 6.20. The van der Waals surface area contributed by atoms with E-state index in [4.69, 9.17) is 0 Å². The van der Waals surface area contributed by atoms with E-state index in [1.165, 1.54) is 38.8 Å². The fourth-order valence-corrected chi connectivity index (χ4v) is 3.21. The van der Waals surface area contributed by atoms with E-state index < -0.39 is 0 Å². The van der Waals surface area contributed by atoms with Crippen LogP contribution in [0.15, 0.2) is 30.3 Å². The first-order valence-corrected chi connectivity index (χ1v) is 7.88. The second kappa shape index (κ2) is 6.40. The number of nitrogens with zero attached hydrogens (tertiary/aromatic N) is 1. The van der Waals surface area contributed by atoms with Gasteiger partial charge in [-0.2, -0.15) is 0 Å². The van der Waals surface area contributed by atoms with Crippen LogP contribution in [-0.2, 0) is 0 Å². The molecule has 0 atom stereocenters. The van der Waals surface area contributed by atoms with Crippen molar-refractivity contribution in [2.75, 3.05) is 26.2 Å². The van der Waals surface area contributed by atoms with Gasteiger partial charge in [0.2, 0.25) is 0 Å². The van der Waals surface area contributed by atoms with Gasteiger partial charge in [-0.3, -0.25) is 4.79 Å². The molecule has 3 rings (SSSR count). The Kier molecular flexibility index (Phi) is 4.36. The molecule has 2 heterocycles. The van der Waals surface area contributed by atoms with Gasteiger partial charge in [0.25, 0.3) is 5.91 Å². The van der Waals surface area contributed by atoms with Gasteiger partial charge in [0.15, 0.2) is 0 Å². The Morgan fingerprint density at radius 1 is 1.05 bits per heavy atom. The summed E-state index contributed by atoms with van der Waals surface area (Å²) in [7, 11) is 0. The number of hydrogen-bond acceptors (Lipinski definition) is 2. The first-order chi connectivity index (χ1) is 9.83. The number of amides is 1. The van der Waals surface area contributed by atoms with Gasteiger partial charge >= 0.3 is 0 Å². The summed E-state index contributed by atoms with van der Waals surface area (Å²) in [5, 5.41) is 3.34. The predicted octanol–water partition coefficient (Wildman–Crippen LogP) is 2.54. The third kappa shape index (κ3) is 3.21. The maximum absolute atomic E-state index is 12.3. The highest BCUT2D eigenvalue weighted by Gasteiger charge is 2.25. The molecule has 0 aromatic heterocycles. The molecule has 1 aromatic carbocycles. The van der Waals surface area contributed by atoms with E-state index >= 15 is 0 Å². The monoisotopic (exact) mass is 272 g/mol. The molecule has 1 N–H and O–H groups in total. The molecule has 2 fully saturated rings. The summed E-state index contributed by atoms with van der Waals surface area (Å²) in [5.41, 5.74) is 0.825. The quantitative estimate of drug-likeness (QED) is 0.913. The van der Waals surface area contributed by atoms with Crippen LogP contribution in [0.5, 0.6) is 0 Å². The van der Waals surface area contributed by atoms with Crippen LogP contribution in [0.4, 0.5) is 0 Å². The van der Waals surface area contributed by atoms with E-state index in [1.807, 2.05) is 35.2 Å². The third-order valence-electron chi connectivity index (χ3n) is 4.77. The number of likely N-dealkylation sites (tertiary alicyclic amines) is 1. The Bertz CT molecular complexity index is 434. The van der Waals surface area contributed by atoms with E-state index in [0.717, 1.165) is 30.5 Å². The molecule has 2 aliphatic rings. The maximum atomic E-state index is 12.3. The number of carbonyl (C=O) groups is 1. The predicted molar refractivity (Wildman–Crippen MR) is 80.7 cm³/mol. The van der Waals surface area contributed by atoms with E-state index in [1.54, 1.807) is 0 Å². The second-order valence-corrected chi connectivity index (χ2v) is 6.20. The van der Waals surface area contributed by atoms with E-state index in [0.29, 0.717) is 0 Å². The highest BCUT2D eigenvalue weighted by molar-refractivity contribution is 5.94. The molecule has 108 valence electrons. The topological polar surface area (TPSA) is 32.3 Å². The third-order valence-corrected chi connectivity index (χ3v) is 4.77. The van der Waals surface area contributed by atoms with Crippen molar-refractivity contribution in [2.45, 2.75) is 25.7 Å². The lowest BCUT2D eigenvalue weighted by molar-refractivity contribution is 0.0682. The standard InChI is InChI=1S/C17H24N2O/c20-17(16-4-2-1-3-5-16)19-10-8-14(9-11-19)6-7-15-12-18-13-15/h1-5,14-15,18H,6-13H2. The fraction of sp³-hybridized carbons (Fsp3) is 0.588. The van der Waals surface area contributed by atoms with E-state index in [-0.39, 0.29) is 5.91 Å². The zero-order chi connectivity index (χ0) is 13.8. The van der Waals surface area contributed by atoms with E-state index in [9.17, 15) is 4.79 Å². The number of hydrogen-bond donors (Lipinski definition) is 1. The summed E-state index contributed by atoms with van der Waals surface area (Å²) in [6.45, 7) is 4.29. The number of carbonyl (C=O) groups excluding carboxylic acids is 1. The molecule has 0 spiro atoms. The minimum Gasteiger partial charge on any atom is -0.339 e. The van der Waals surface area contributed by atoms with Crippen LogP contribution in [0.3, 0.4) is 0 Å². The average molecular weight is 272 g/mol.